The highest BCUT2D eigenvalue weighted by molar-refractivity contribution is 6.30. The average molecular weight is 254 g/mol. The number of hydrogen-bond acceptors (Lipinski definition) is 1. The standard InChI is InChI=1S/C15H24ClN/c1-3-4-5-6-7-8-13(2)17-15-11-9-14(16)10-12-15/h9-13,17H,3-8H2,1-2H3. The van der Waals surface area contributed by atoms with Crippen molar-refractivity contribution in [3.05, 3.63) is 29.3 Å². The second-order valence-corrected chi connectivity index (χ2v) is 5.19. The van der Waals surface area contributed by atoms with Gasteiger partial charge < -0.3 is 5.32 Å². The highest BCUT2D eigenvalue weighted by Crippen LogP contribution is 2.16. The van der Waals surface area contributed by atoms with Gasteiger partial charge in [0.15, 0.2) is 0 Å². The molecule has 0 spiro atoms. The lowest BCUT2D eigenvalue weighted by molar-refractivity contribution is 0.578. The van der Waals surface area contributed by atoms with Crippen molar-refractivity contribution < 1.29 is 0 Å². The Balaban J connectivity index is 2.16. The van der Waals surface area contributed by atoms with E-state index in [2.05, 4.69) is 19.2 Å². The van der Waals surface area contributed by atoms with Gasteiger partial charge in [-0.2, -0.15) is 0 Å². The van der Waals surface area contributed by atoms with Gasteiger partial charge in [0.2, 0.25) is 0 Å². The summed E-state index contributed by atoms with van der Waals surface area (Å²) >= 11 is 5.85. The number of rotatable bonds is 8. The van der Waals surface area contributed by atoms with Gasteiger partial charge in [-0.15, -0.1) is 0 Å². The Labute approximate surface area is 111 Å². The van der Waals surface area contributed by atoms with Gasteiger partial charge in [-0.1, -0.05) is 50.6 Å². The molecular formula is C15H24ClN. The maximum absolute atomic E-state index is 5.85. The number of anilines is 1. The zero-order valence-electron chi connectivity index (χ0n) is 11.0. The van der Waals surface area contributed by atoms with E-state index in [1.54, 1.807) is 0 Å². The minimum absolute atomic E-state index is 0.540. The molecule has 17 heavy (non-hydrogen) atoms. The maximum Gasteiger partial charge on any atom is 0.0407 e. The number of halogens is 1. The third-order valence-corrected chi connectivity index (χ3v) is 3.25. The van der Waals surface area contributed by atoms with Crippen LogP contribution in [0.4, 0.5) is 5.69 Å². The third kappa shape index (κ3) is 6.58. The van der Waals surface area contributed by atoms with Gasteiger partial charge in [0.25, 0.3) is 0 Å². The first-order chi connectivity index (χ1) is 8.22. The van der Waals surface area contributed by atoms with Crippen LogP contribution in [-0.2, 0) is 0 Å². The highest BCUT2D eigenvalue weighted by atomic mass is 35.5. The second-order valence-electron chi connectivity index (χ2n) is 4.76. The molecule has 0 saturated heterocycles. The Morgan fingerprint density at radius 3 is 2.35 bits per heavy atom. The predicted molar refractivity (Wildman–Crippen MR) is 77.9 cm³/mol. The van der Waals surface area contributed by atoms with Gasteiger partial charge >= 0.3 is 0 Å². The van der Waals surface area contributed by atoms with E-state index in [9.17, 15) is 0 Å². The molecular weight excluding hydrogens is 230 g/mol. The molecule has 0 bridgehead atoms. The maximum atomic E-state index is 5.85. The Morgan fingerprint density at radius 2 is 1.71 bits per heavy atom. The van der Waals surface area contributed by atoms with Gasteiger partial charge in [0.05, 0.1) is 0 Å². The molecule has 0 aliphatic carbocycles. The predicted octanol–water partition coefficient (Wildman–Crippen LogP) is 5.50. The summed E-state index contributed by atoms with van der Waals surface area (Å²) in [4.78, 5) is 0. The van der Waals surface area contributed by atoms with Crippen molar-refractivity contribution in [2.24, 2.45) is 0 Å². The number of benzene rings is 1. The van der Waals surface area contributed by atoms with E-state index in [0.29, 0.717) is 6.04 Å². The fourth-order valence-corrected chi connectivity index (χ4v) is 2.08. The van der Waals surface area contributed by atoms with E-state index in [-0.39, 0.29) is 0 Å². The average Bonchev–Trinajstić information content (AvgIpc) is 2.32. The van der Waals surface area contributed by atoms with Gasteiger partial charge in [-0.05, 0) is 37.6 Å². The van der Waals surface area contributed by atoms with Crippen molar-refractivity contribution in [1.29, 1.82) is 0 Å². The summed E-state index contributed by atoms with van der Waals surface area (Å²) in [5, 5.41) is 4.30. The van der Waals surface area contributed by atoms with Crippen LogP contribution in [-0.4, -0.2) is 6.04 Å². The normalized spacial score (nSPS) is 12.4. The molecule has 0 aliphatic rings. The van der Waals surface area contributed by atoms with Gasteiger partial charge in [0, 0.05) is 16.8 Å². The van der Waals surface area contributed by atoms with Crippen LogP contribution in [0.2, 0.25) is 5.02 Å². The fraction of sp³-hybridized carbons (Fsp3) is 0.600. The Kier molecular flexibility index (Phi) is 7.11. The van der Waals surface area contributed by atoms with Crippen molar-refractivity contribution >= 4 is 17.3 Å². The summed E-state index contributed by atoms with van der Waals surface area (Å²) in [7, 11) is 0. The van der Waals surface area contributed by atoms with Crippen LogP contribution in [0.3, 0.4) is 0 Å². The van der Waals surface area contributed by atoms with Gasteiger partial charge in [-0.3, -0.25) is 0 Å². The Hall–Kier alpha value is -0.690. The zero-order chi connectivity index (χ0) is 12.5. The van der Waals surface area contributed by atoms with E-state index in [4.69, 9.17) is 11.6 Å². The first kappa shape index (κ1) is 14.4. The molecule has 0 radical (unpaired) electrons. The first-order valence-electron chi connectivity index (χ1n) is 6.74. The molecule has 2 heteroatoms. The largest absolute Gasteiger partial charge is 0.383 e. The molecule has 0 aromatic heterocycles. The lowest BCUT2D eigenvalue weighted by atomic mass is 10.1. The number of unbranched alkanes of at least 4 members (excludes halogenated alkanes) is 4. The third-order valence-electron chi connectivity index (χ3n) is 3.00. The van der Waals surface area contributed by atoms with E-state index in [1.807, 2.05) is 24.3 Å². The quantitative estimate of drug-likeness (QED) is 0.603. The van der Waals surface area contributed by atoms with E-state index < -0.39 is 0 Å². The lowest BCUT2D eigenvalue weighted by Gasteiger charge is -2.15. The van der Waals surface area contributed by atoms with Crippen molar-refractivity contribution in [1.82, 2.24) is 0 Å². The van der Waals surface area contributed by atoms with Crippen LogP contribution in [0.15, 0.2) is 24.3 Å². The molecule has 1 aromatic rings. The Morgan fingerprint density at radius 1 is 1.06 bits per heavy atom. The second kappa shape index (κ2) is 8.41. The van der Waals surface area contributed by atoms with E-state index in [1.165, 1.54) is 38.5 Å². The molecule has 1 aromatic carbocycles. The molecule has 0 saturated carbocycles. The van der Waals surface area contributed by atoms with Crippen molar-refractivity contribution in [2.45, 2.75) is 58.4 Å². The highest BCUT2D eigenvalue weighted by Gasteiger charge is 2.01. The summed E-state index contributed by atoms with van der Waals surface area (Å²) in [6.45, 7) is 4.50. The molecule has 0 amide bonds. The smallest absolute Gasteiger partial charge is 0.0407 e. The van der Waals surface area contributed by atoms with Crippen LogP contribution in [0.1, 0.15) is 52.4 Å². The molecule has 1 atom stereocenters. The van der Waals surface area contributed by atoms with Crippen molar-refractivity contribution in [2.75, 3.05) is 5.32 Å². The number of nitrogens with one attached hydrogen (secondary N) is 1. The molecule has 1 rings (SSSR count). The fourth-order valence-electron chi connectivity index (χ4n) is 1.96. The molecule has 0 heterocycles. The van der Waals surface area contributed by atoms with E-state index >= 15 is 0 Å². The van der Waals surface area contributed by atoms with Crippen LogP contribution in [0.5, 0.6) is 0 Å². The zero-order valence-corrected chi connectivity index (χ0v) is 11.8. The topological polar surface area (TPSA) is 12.0 Å². The molecule has 0 aliphatic heterocycles. The summed E-state index contributed by atoms with van der Waals surface area (Å²) in [5.41, 5.74) is 1.16. The van der Waals surface area contributed by atoms with Crippen LogP contribution < -0.4 is 5.32 Å². The monoisotopic (exact) mass is 253 g/mol. The van der Waals surface area contributed by atoms with Crippen molar-refractivity contribution in [3.63, 3.8) is 0 Å². The van der Waals surface area contributed by atoms with Crippen LogP contribution in [0, 0.1) is 0 Å². The molecule has 0 fully saturated rings. The SMILES string of the molecule is CCCCCCCC(C)Nc1ccc(Cl)cc1. The molecule has 96 valence electrons. The van der Waals surface area contributed by atoms with Gasteiger partial charge in [0.1, 0.15) is 0 Å². The first-order valence-corrected chi connectivity index (χ1v) is 7.12. The lowest BCUT2D eigenvalue weighted by Crippen LogP contribution is -2.14. The summed E-state index contributed by atoms with van der Waals surface area (Å²) in [5.74, 6) is 0. The van der Waals surface area contributed by atoms with Crippen molar-refractivity contribution in [3.8, 4) is 0 Å². The molecule has 1 unspecified atom stereocenters. The van der Waals surface area contributed by atoms with Gasteiger partial charge in [-0.25, -0.2) is 0 Å². The molecule has 1 nitrogen and oxygen atoms in total. The molecule has 1 N–H and O–H groups in total. The summed E-state index contributed by atoms with van der Waals surface area (Å²) < 4.78 is 0. The summed E-state index contributed by atoms with van der Waals surface area (Å²) in [6.07, 6.45) is 8.00. The van der Waals surface area contributed by atoms with Crippen LogP contribution >= 0.6 is 11.6 Å². The minimum atomic E-state index is 0.540. The van der Waals surface area contributed by atoms with E-state index in [0.717, 1.165) is 10.7 Å². The number of hydrogen-bond donors (Lipinski definition) is 1. The minimum Gasteiger partial charge on any atom is -0.383 e. The summed E-state index contributed by atoms with van der Waals surface area (Å²) in [6, 6.07) is 8.47. The Bertz CT molecular complexity index is 294. The van der Waals surface area contributed by atoms with Crippen LogP contribution in [0.25, 0.3) is 0 Å².